The van der Waals surface area contributed by atoms with E-state index in [9.17, 15) is 0 Å². The molecule has 0 aliphatic carbocycles. The zero-order valence-corrected chi connectivity index (χ0v) is 11.7. The fourth-order valence-electron chi connectivity index (χ4n) is 1.94. The third-order valence-corrected chi connectivity index (χ3v) is 3.01. The minimum atomic E-state index is 0.755. The highest BCUT2D eigenvalue weighted by Gasteiger charge is 2.02. The van der Waals surface area contributed by atoms with Crippen LogP contribution in [0.15, 0.2) is 42.7 Å². The van der Waals surface area contributed by atoms with Crippen molar-refractivity contribution in [3.05, 3.63) is 48.3 Å². The van der Waals surface area contributed by atoms with Gasteiger partial charge in [-0.3, -0.25) is 0 Å². The first-order valence-corrected chi connectivity index (χ1v) is 6.93. The van der Waals surface area contributed by atoms with E-state index >= 15 is 0 Å². The van der Waals surface area contributed by atoms with E-state index in [4.69, 9.17) is 4.74 Å². The summed E-state index contributed by atoms with van der Waals surface area (Å²) in [5.41, 5.74) is 2.34. The van der Waals surface area contributed by atoms with Crippen molar-refractivity contribution in [3.63, 3.8) is 0 Å². The molecule has 0 amide bonds. The molecule has 1 aromatic heterocycles. The maximum atomic E-state index is 5.73. The summed E-state index contributed by atoms with van der Waals surface area (Å²) in [5, 5.41) is 3.44. The Labute approximate surface area is 115 Å². The van der Waals surface area contributed by atoms with E-state index in [1.54, 1.807) is 0 Å². The Morgan fingerprint density at radius 1 is 1.16 bits per heavy atom. The lowest BCUT2D eigenvalue weighted by Gasteiger charge is -2.12. The minimum Gasteiger partial charge on any atom is -0.491 e. The van der Waals surface area contributed by atoms with Crippen LogP contribution >= 0.6 is 0 Å². The van der Waals surface area contributed by atoms with Crippen LogP contribution in [0.2, 0.25) is 0 Å². The first-order chi connectivity index (χ1) is 9.33. The van der Waals surface area contributed by atoms with Crippen molar-refractivity contribution < 1.29 is 4.74 Å². The molecule has 1 aromatic carbocycles. The second-order valence-electron chi connectivity index (χ2n) is 4.55. The number of anilines is 1. The van der Waals surface area contributed by atoms with Gasteiger partial charge in [0.1, 0.15) is 5.75 Å². The molecule has 0 fully saturated rings. The average molecular weight is 258 g/mol. The van der Waals surface area contributed by atoms with Crippen molar-refractivity contribution in [2.24, 2.45) is 0 Å². The van der Waals surface area contributed by atoms with E-state index in [-0.39, 0.29) is 0 Å². The second kappa shape index (κ2) is 6.88. The number of aromatic nitrogens is 1. The minimum absolute atomic E-state index is 0.755. The zero-order valence-electron chi connectivity index (χ0n) is 11.7. The van der Waals surface area contributed by atoms with Gasteiger partial charge in [-0.1, -0.05) is 19.1 Å². The number of benzene rings is 1. The summed E-state index contributed by atoms with van der Waals surface area (Å²) in [6.07, 6.45) is 5.30. The van der Waals surface area contributed by atoms with E-state index in [0.29, 0.717) is 0 Å². The fraction of sp³-hybridized carbons (Fsp3) is 0.375. The Hall–Kier alpha value is -1.90. The van der Waals surface area contributed by atoms with Gasteiger partial charge in [-0.15, -0.1) is 0 Å². The average Bonchev–Trinajstić information content (AvgIpc) is 2.91. The van der Waals surface area contributed by atoms with Crippen LogP contribution in [0.25, 0.3) is 0 Å². The molecule has 0 bridgehead atoms. The standard InChI is InChI=1S/C16H22N2O/c1-3-11-19-16-8-6-5-7-15(16)17-12-14-9-10-18(4-2)13-14/h5-10,13,17H,3-4,11-12H2,1-2H3. The summed E-state index contributed by atoms with van der Waals surface area (Å²) in [6, 6.07) is 10.2. The van der Waals surface area contributed by atoms with E-state index < -0.39 is 0 Å². The summed E-state index contributed by atoms with van der Waals surface area (Å²) >= 11 is 0. The number of nitrogens with one attached hydrogen (secondary N) is 1. The largest absolute Gasteiger partial charge is 0.491 e. The third-order valence-electron chi connectivity index (χ3n) is 3.01. The van der Waals surface area contributed by atoms with Crippen molar-refractivity contribution in [1.82, 2.24) is 4.57 Å². The van der Waals surface area contributed by atoms with E-state index in [1.165, 1.54) is 5.56 Å². The first kappa shape index (κ1) is 13.5. The van der Waals surface area contributed by atoms with Gasteiger partial charge in [-0.2, -0.15) is 0 Å². The summed E-state index contributed by atoms with van der Waals surface area (Å²) < 4.78 is 7.91. The Kier molecular flexibility index (Phi) is 4.90. The van der Waals surface area contributed by atoms with Gasteiger partial charge in [-0.05, 0) is 37.1 Å². The normalized spacial score (nSPS) is 10.4. The maximum absolute atomic E-state index is 5.73. The molecule has 3 heteroatoms. The van der Waals surface area contributed by atoms with Crippen LogP contribution in [0, 0.1) is 0 Å². The van der Waals surface area contributed by atoms with E-state index in [2.05, 4.69) is 48.3 Å². The molecule has 0 spiro atoms. The van der Waals surface area contributed by atoms with Gasteiger partial charge in [-0.25, -0.2) is 0 Å². The van der Waals surface area contributed by atoms with Crippen molar-refractivity contribution in [1.29, 1.82) is 0 Å². The van der Waals surface area contributed by atoms with Gasteiger partial charge < -0.3 is 14.6 Å². The van der Waals surface area contributed by atoms with Gasteiger partial charge in [0.05, 0.1) is 12.3 Å². The summed E-state index contributed by atoms with van der Waals surface area (Å²) in [7, 11) is 0. The van der Waals surface area contributed by atoms with Gasteiger partial charge in [0, 0.05) is 25.5 Å². The molecule has 0 radical (unpaired) electrons. The molecule has 102 valence electrons. The number of rotatable bonds is 7. The van der Waals surface area contributed by atoms with Crippen molar-refractivity contribution in [2.75, 3.05) is 11.9 Å². The fourth-order valence-corrected chi connectivity index (χ4v) is 1.94. The number of ether oxygens (including phenoxy) is 1. The number of aryl methyl sites for hydroxylation is 1. The predicted molar refractivity (Wildman–Crippen MR) is 79.7 cm³/mol. The summed E-state index contributed by atoms with van der Waals surface area (Å²) in [6.45, 7) is 6.84. The van der Waals surface area contributed by atoms with Crippen molar-refractivity contribution in [3.8, 4) is 5.75 Å². The zero-order chi connectivity index (χ0) is 13.5. The van der Waals surface area contributed by atoms with Gasteiger partial charge in [0.25, 0.3) is 0 Å². The number of para-hydroxylation sites is 2. The highest BCUT2D eigenvalue weighted by atomic mass is 16.5. The van der Waals surface area contributed by atoms with Crippen molar-refractivity contribution >= 4 is 5.69 Å². The lowest BCUT2D eigenvalue weighted by Crippen LogP contribution is -2.03. The highest BCUT2D eigenvalue weighted by Crippen LogP contribution is 2.24. The van der Waals surface area contributed by atoms with E-state index in [0.717, 1.165) is 37.6 Å². The molecule has 0 unspecified atom stereocenters. The van der Waals surface area contributed by atoms with Gasteiger partial charge in [0.2, 0.25) is 0 Å². The van der Waals surface area contributed by atoms with Crippen LogP contribution < -0.4 is 10.1 Å². The molecule has 0 saturated carbocycles. The monoisotopic (exact) mass is 258 g/mol. The number of nitrogens with zero attached hydrogens (tertiary/aromatic N) is 1. The molecule has 19 heavy (non-hydrogen) atoms. The molecular weight excluding hydrogens is 236 g/mol. The summed E-state index contributed by atoms with van der Waals surface area (Å²) in [4.78, 5) is 0. The van der Waals surface area contributed by atoms with Crippen LogP contribution in [0.5, 0.6) is 5.75 Å². The van der Waals surface area contributed by atoms with Crippen LogP contribution in [0.3, 0.4) is 0 Å². The number of hydrogen-bond acceptors (Lipinski definition) is 2. The molecule has 1 heterocycles. The molecule has 2 rings (SSSR count). The molecular formula is C16H22N2O. The summed E-state index contributed by atoms with van der Waals surface area (Å²) in [5.74, 6) is 0.930. The Bertz CT molecular complexity index is 505. The second-order valence-corrected chi connectivity index (χ2v) is 4.55. The lowest BCUT2D eigenvalue weighted by atomic mass is 10.2. The topological polar surface area (TPSA) is 26.2 Å². The van der Waals surface area contributed by atoms with Crippen LogP contribution in [0.1, 0.15) is 25.8 Å². The Morgan fingerprint density at radius 2 is 2.00 bits per heavy atom. The smallest absolute Gasteiger partial charge is 0.142 e. The van der Waals surface area contributed by atoms with Gasteiger partial charge >= 0.3 is 0 Å². The predicted octanol–water partition coefficient (Wildman–Crippen LogP) is 3.91. The molecule has 0 atom stereocenters. The van der Waals surface area contributed by atoms with Gasteiger partial charge in [0.15, 0.2) is 0 Å². The molecule has 3 nitrogen and oxygen atoms in total. The highest BCUT2D eigenvalue weighted by molar-refractivity contribution is 5.56. The molecule has 0 saturated heterocycles. The molecule has 1 N–H and O–H groups in total. The van der Waals surface area contributed by atoms with E-state index in [1.807, 2.05) is 18.2 Å². The van der Waals surface area contributed by atoms with Crippen molar-refractivity contribution in [2.45, 2.75) is 33.4 Å². The first-order valence-electron chi connectivity index (χ1n) is 6.93. The molecule has 0 aliphatic rings. The molecule has 0 aliphatic heterocycles. The van der Waals surface area contributed by atoms with Crippen LogP contribution in [0.4, 0.5) is 5.69 Å². The number of hydrogen-bond donors (Lipinski definition) is 1. The van der Waals surface area contributed by atoms with Crippen LogP contribution in [-0.4, -0.2) is 11.2 Å². The maximum Gasteiger partial charge on any atom is 0.142 e. The lowest BCUT2D eigenvalue weighted by molar-refractivity contribution is 0.319. The Balaban J connectivity index is 1.98. The Morgan fingerprint density at radius 3 is 2.74 bits per heavy atom. The van der Waals surface area contributed by atoms with Crippen LogP contribution in [-0.2, 0) is 13.1 Å². The third kappa shape index (κ3) is 3.78. The molecule has 2 aromatic rings. The quantitative estimate of drug-likeness (QED) is 0.815. The SMILES string of the molecule is CCCOc1ccccc1NCc1ccn(CC)c1.